The highest BCUT2D eigenvalue weighted by Gasteiger charge is 2.27. The summed E-state index contributed by atoms with van der Waals surface area (Å²) in [5.41, 5.74) is 3.46. The Hall–Kier alpha value is -4.14. The summed E-state index contributed by atoms with van der Waals surface area (Å²) in [6.45, 7) is 0.855. The molecule has 0 atom stereocenters. The van der Waals surface area contributed by atoms with Gasteiger partial charge in [-0.1, -0.05) is 6.07 Å². The summed E-state index contributed by atoms with van der Waals surface area (Å²) in [4.78, 5) is 28.2. The van der Waals surface area contributed by atoms with Crippen LogP contribution in [0, 0.1) is 5.82 Å². The SMILES string of the molecule is Cn1ccc(C(=O)N2CCc3nc(-c4ccncc4)nc(Nc4cccc(F)c4)c3C2)n1. The van der Waals surface area contributed by atoms with Crippen LogP contribution in [0.4, 0.5) is 15.9 Å². The molecule has 4 heterocycles. The minimum Gasteiger partial charge on any atom is -0.340 e. The molecular weight excluding hydrogens is 409 g/mol. The average molecular weight is 429 g/mol. The zero-order chi connectivity index (χ0) is 22.1. The Morgan fingerprint density at radius 3 is 2.72 bits per heavy atom. The summed E-state index contributed by atoms with van der Waals surface area (Å²) in [5, 5.41) is 7.45. The lowest BCUT2D eigenvalue weighted by Gasteiger charge is -2.29. The van der Waals surface area contributed by atoms with E-state index in [1.807, 2.05) is 12.1 Å². The molecule has 0 bridgehead atoms. The lowest BCUT2D eigenvalue weighted by atomic mass is 10.0. The third kappa shape index (κ3) is 3.92. The van der Waals surface area contributed by atoms with Gasteiger partial charge < -0.3 is 10.2 Å². The number of aryl methyl sites for hydroxylation is 1. The predicted molar refractivity (Wildman–Crippen MR) is 117 cm³/mol. The number of carbonyl (C=O) groups is 1. The number of benzene rings is 1. The van der Waals surface area contributed by atoms with Crippen LogP contribution in [0.25, 0.3) is 11.4 Å². The number of halogens is 1. The van der Waals surface area contributed by atoms with Crippen LogP contribution >= 0.6 is 0 Å². The maximum atomic E-state index is 13.8. The molecule has 9 heteroatoms. The molecule has 0 fully saturated rings. The number of fused-ring (bicyclic) bond motifs is 1. The third-order valence-corrected chi connectivity index (χ3v) is 5.31. The van der Waals surface area contributed by atoms with E-state index in [2.05, 4.69) is 15.4 Å². The van der Waals surface area contributed by atoms with Gasteiger partial charge in [-0.15, -0.1) is 0 Å². The lowest BCUT2D eigenvalue weighted by Crippen LogP contribution is -2.37. The standard InChI is InChI=1S/C23H20FN7O/c1-30-11-7-20(29-30)23(32)31-12-8-19-18(14-31)22(26-17-4-2-3-16(24)13-17)28-21(27-19)15-5-9-25-10-6-15/h2-7,9-11,13H,8,12,14H2,1H3,(H,26,27,28). The Morgan fingerprint density at radius 1 is 1.12 bits per heavy atom. The number of rotatable bonds is 4. The van der Waals surface area contributed by atoms with Gasteiger partial charge in [0.1, 0.15) is 17.3 Å². The highest BCUT2D eigenvalue weighted by atomic mass is 19.1. The maximum Gasteiger partial charge on any atom is 0.274 e. The van der Waals surface area contributed by atoms with Crippen molar-refractivity contribution >= 4 is 17.4 Å². The number of amides is 1. The molecule has 1 amide bonds. The van der Waals surface area contributed by atoms with Crippen molar-refractivity contribution in [2.75, 3.05) is 11.9 Å². The molecule has 0 radical (unpaired) electrons. The van der Waals surface area contributed by atoms with E-state index in [0.717, 1.165) is 16.8 Å². The van der Waals surface area contributed by atoms with Gasteiger partial charge >= 0.3 is 0 Å². The van der Waals surface area contributed by atoms with Crippen molar-refractivity contribution in [2.45, 2.75) is 13.0 Å². The van der Waals surface area contributed by atoms with Crippen LogP contribution in [0.2, 0.25) is 0 Å². The fraction of sp³-hybridized carbons (Fsp3) is 0.174. The summed E-state index contributed by atoms with van der Waals surface area (Å²) in [7, 11) is 1.78. The first kappa shape index (κ1) is 19.8. The van der Waals surface area contributed by atoms with E-state index >= 15 is 0 Å². The van der Waals surface area contributed by atoms with E-state index in [0.29, 0.717) is 42.5 Å². The lowest BCUT2D eigenvalue weighted by molar-refractivity contribution is 0.0727. The molecule has 1 aromatic carbocycles. The fourth-order valence-electron chi connectivity index (χ4n) is 3.71. The van der Waals surface area contributed by atoms with Crippen molar-refractivity contribution in [1.29, 1.82) is 0 Å². The first-order chi connectivity index (χ1) is 15.6. The number of hydrogen-bond donors (Lipinski definition) is 1. The van der Waals surface area contributed by atoms with Crippen molar-refractivity contribution in [2.24, 2.45) is 7.05 Å². The molecule has 0 spiro atoms. The van der Waals surface area contributed by atoms with Gasteiger partial charge in [0.2, 0.25) is 0 Å². The zero-order valence-electron chi connectivity index (χ0n) is 17.4. The van der Waals surface area contributed by atoms with E-state index in [-0.39, 0.29) is 11.7 Å². The molecule has 1 N–H and O–H groups in total. The minimum atomic E-state index is -0.348. The van der Waals surface area contributed by atoms with E-state index in [9.17, 15) is 9.18 Å². The summed E-state index contributed by atoms with van der Waals surface area (Å²) in [6.07, 6.45) is 5.69. The number of pyridine rings is 1. The quantitative estimate of drug-likeness (QED) is 0.535. The summed E-state index contributed by atoms with van der Waals surface area (Å²) in [6, 6.07) is 11.6. The average Bonchev–Trinajstić information content (AvgIpc) is 3.25. The second-order valence-corrected chi connectivity index (χ2v) is 7.54. The molecule has 32 heavy (non-hydrogen) atoms. The van der Waals surface area contributed by atoms with E-state index in [1.54, 1.807) is 53.4 Å². The van der Waals surface area contributed by atoms with Crippen LogP contribution in [0.15, 0.2) is 61.1 Å². The van der Waals surface area contributed by atoms with E-state index in [1.165, 1.54) is 12.1 Å². The first-order valence-electron chi connectivity index (χ1n) is 10.2. The number of hydrogen-bond acceptors (Lipinski definition) is 6. The Balaban J connectivity index is 1.53. The second kappa shape index (κ2) is 8.18. The van der Waals surface area contributed by atoms with Crippen LogP contribution in [0.5, 0.6) is 0 Å². The molecular formula is C23H20FN7O. The van der Waals surface area contributed by atoms with Gasteiger partial charge in [0.15, 0.2) is 5.82 Å². The summed E-state index contributed by atoms with van der Waals surface area (Å²) in [5.74, 6) is 0.603. The monoisotopic (exact) mass is 429 g/mol. The summed E-state index contributed by atoms with van der Waals surface area (Å²) >= 11 is 0. The van der Waals surface area contributed by atoms with Gasteiger partial charge in [-0.2, -0.15) is 5.10 Å². The van der Waals surface area contributed by atoms with Crippen molar-refractivity contribution < 1.29 is 9.18 Å². The van der Waals surface area contributed by atoms with Crippen LogP contribution in [-0.4, -0.2) is 42.1 Å². The highest BCUT2D eigenvalue weighted by Crippen LogP contribution is 2.30. The Labute approximate surface area is 183 Å². The first-order valence-corrected chi connectivity index (χ1v) is 10.2. The molecule has 0 saturated heterocycles. The minimum absolute atomic E-state index is 0.147. The topological polar surface area (TPSA) is 88.8 Å². The van der Waals surface area contributed by atoms with Crippen LogP contribution in [-0.2, 0) is 20.0 Å². The second-order valence-electron chi connectivity index (χ2n) is 7.54. The molecule has 0 unspecified atom stereocenters. The Bertz CT molecular complexity index is 1290. The van der Waals surface area contributed by atoms with E-state index < -0.39 is 0 Å². The normalized spacial score (nSPS) is 13.0. The van der Waals surface area contributed by atoms with E-state index in [4.69, 9.17) is 9.97 Å². The third-order valence-electron chi connectivity index (χ3n) is 5.31. The molecule has 3 aromatic heterocycles. The number of nitrogens with one attached hydrogen (secondary N) is 1. The van der Waals surface area contributed by atoms with Gasteiger partial charge in [-0.25, -0.2) is 14.4 Å². The molecule has 0 saturated carbocycles. The Kier molecular flexibility index (Phi) is 5.06. The molecule has 160 valence electrons. The fourth-order valence-corrected chi connectivity index (χ4v) is 3.71. The molecule has 8 nitrogen and oxygen atoms in total. The highest BCUT2D eigenvalue weighted by molar-refractivity contribution is 5.92. The number of carbonyl (C=O) groups excluding carboxylic acids is 1. The van der Waals surface area contributed by atoms with Crippen LogP contribution < -0.4 is 5.32 Å². The maximum absolute atomic E-state index is 13.8. The van der Waals surface area contributed by atoms with Gasteiger partial charge in [0.05, 0.1) is 12.2 Å². The van der Waals surface area contributed by atoms with Gasteiger partial charge in [-0.05, 0) is 36.4 Å². The zero-order valence-corrected chi connectivity index (χ0v) is 17.4. The summed E-state index contributed by atoms with van der Waals surface area (Å²) < 4.78 is 15.4. The number of aromatic nitrogens is 5. The van der Waals surface area contributed by atoms with Crippen molar-refractivity contribution in [1.82, 2.24) is 29.6 Å². The van der Waals surface area contributed by atoms with Gasteiger partial charge in [0, 0.05) is 55.4 Å². The molecule has 5 rings (SSSR count). The van der Waals surface area contributed by atoms with Crippen molar-refractivity contribution in [3.05, 3.63) is 83.8 Å². The number of nitrogens with zero attached hydrogens (tertiary/aromatic N) is 6. The van der Waals surface area contributed by atoms with Crippen LogP contribution in [0.3, 0.4) is 0 Å². The number of anilines is 2. The van der Waals surface area contributed by atoms with Gasteiger partial charge in [0.25, 0.3) is 5.91 Å². The van der Waals surface area contributed by atoms with Crippen molar-refractivity contribution in [3.63, 3.8) is 0 Å². The molecule has 1 aliphatic heterocycles. The predicted octanol–water partition coefficient (Wildman–Crippen LogP) is 3.35. The Morgan fingerprint density at radius 2 is 1.97 bits per heavy atom. The van der Waals surface area contributed by atoms with Gasteiger partial charge in [-0.3, -0.25) is 14.5 Å². The smallest absolute Gasteiger partial charge is 0.274 e. The largest absolute Gasteiger partial charge is 0.340 e. The molecule has 0 aliphatic carbocycles. The molecule has 1 aliphatic rings. The molecule has 4 aromatic rings. The van der Waals surface area contributed by atoms with Crippen molar-refractivity contribution in [3.8, 4) is 11.4 Å². The van der Waals surface area contributed by atoms with Crippen LogP contribution in [0.1, 0.15) is 21.7 Å².